The number of rotatable bonds is 4. The van der Waals surface area contributed by atoms with Crippen molar-refractivity contribution in [3.63, 3.8) is 0 Å². The third-order valence-corrected chi connectivity index (χ3v) is 3.41. The highest BCUT2D eigenvalue weighted by molar-refractivity contribution is 6.35. The summed E-state index contributed by atoms with van der Waals surface area (Å²) in [7, 11) is 1.56. The number of nitrogens with zero attached hydrogens (tertiary/aromatic N) is 1. The fraction of sp³-hybridized carbons (Fsp3) is 0.200. The second kappa shape index (κ2) is 6.78. The molecule has 0 saturated carbocycles. The van der Waals surface area contributed by atoms with Crippen molar-refractivity contribution in [2.75, 3.05) is 7.11 Å². The molecule has 2 aromatic rings. The molecule has 0 aliphatic rings. The lowest BCUT2D eigenvalue weighted by atomic mass is 10.2. The summed E-state index contributed by atoms with van der Waals surface area (Å²) in [6.07, 6.45) is -0.0447. The average Bonchev–Trinajstić information content (AvgIpc) is 2.43. The number of aryl methyl sites for hydroxylation is 1. The van der Waals surface area contributed by atoms with Gasteiger partial charge in [-0.1, -0.05) is 23.2 Å². The van der Waals surface area contributed by atoms with E-state index in [-0.39, 0.29) is 11.6 Å². The van der Waals surface area contributed by atoms with Crippen LogP contribution in [0.4, 0.5) is 0 Å². The number of halogens is 2. The zero-order valence-corrected chi connectivity index (χ0v) is 13.0. The minimum absolute atomic E-state index is 0.0447. The van der Waals surface area contributed by atoms with Gasteiger partial charge in [0.05, 0.1) is 13.5 Å². The number of ether oxygens (including phenoxy) is 2. The summed E-state index contributed by atoms with van der Waals surface area (Å²) in [5.74, 6) is 0.645. The van der Waals surface area contributed by atoms with Gasteiger partial charge in [-0.3, -0.25) is 4.79 Å². The Morgan fingerprint density at radius 2 is 1.81 bits per heavy atom. The van der Waals surface area contributed by atoms with Crippen molar-refractivity contribution >= 4 is 29.2 Å². The maximum atomic E-state index is 11.9. The smallest absolute Gasteiger partial charge is 0.315 e. The van der Waals surface area contributed by atoms with Gasteiger partial charge in [0.15, 0.2) is 0 Å². The van der Waals surface area contributed by atoms with Gasteiger partial charge >= 0.3 is 5.97 Å². The summed E-state index contributed by atoms with van der Waals surface area (Å²) in [5.41, 5.74) is 1.15. The van der Waals surface area contributed by atoms with Crippen LogP contribution in [0.25, 0.3) is 0 Å². The van der Waals surface area contributed by atoms with E-state index in [1.807, 2.05) is 0 Å². The second-order valence-electron chi connectivity index (χ2n) is 4.34. The van der Waals surface area contributed by atoms with Crippen LogP contribution in [0.1, 0.15) is 11.3 Å². The van der Waals surface area contributed by atoms with E-state index in [9.17, 15) is 4.79 Å². The van der Waals surface area contributed by atoms with Crippen molar-refractivity contribution in [3.8, 4) is 11.5 Å². The van der Waals surface area contributed by atoms with Gasteiger partial charge in [-0.2, -0.15) is 0 Å². The maximum absolute atomic E-state index is 11.9. The Balaban J connectivity index is 2.08. The van der Waals surface area contributed by atoms with Gasteiger partial charge in [0, 0.05) is 16.3 Å². The lowest BCUT2D eigenvalue weighted by molar-refractivity contribution is -0.133. The van der Waals surface area contributed by atoms with Crippen LogP contribution < -0.4 is 9.47 Å². The van der Waals surface area contributed by atoms with Crippen LogP contribution in [-0.2, 0) is 11.2 Å². The summed E-state index contributed by atoms with van der Waals surface area (Å²) < 4.78 is 10.2. The molecule has 0 atom stereocenters. The van der Waals surface area contributed by atoms with Crippen LogP contribution in [0.5, 0.6) is 11.5 Å². The van der Waals surface area contributed by atoms with E-state index < -0.39 is 5.97 Å². The Morgan fingerprint density at radius 1 is 1.19 bits per heavy atom. The highest BCUT2D eigenvalue weighted by Crippen LogP contribution is 2.25. The van der Waals surface area contributed by atoms with Crippen LogP contribution in [0.3, 0.4) is 0 Å². The Kier molecular flexibility index (Phi) is 5.04. The third kappa shape index (κ3) is 4.09. The minimum atomic E-state index is -0.463. The number of carbonyl (C=O) groups is 1. The van der Waals surface area contributed by atoms with Crippen LogP contribution in [-0.4, -0.2) is 18.1 Å². The number of esters is 1. The first kappa shape index (κ1) is 15.6. The first-order chi connectivity index (χ1) is 9.99. The molecule has 0 aliphatic carbocycles. The van der Waals surface area contributed by atoms with Crippen molar-refractivity contribution < 1.29 is 14.3 Å². The first-order valence-corrected chi connectivity index (χ1v) is 6.91. The average molecular weight is 326 g/mol. The third-order valence-electron chi connectivity index (χ3n) is 2.76. The zero-order chi connectivity index (χ0) is 15.4. The normalized spacial score (nSPS) is 10.3. The topological polar surface area (TPSA) is 48.4 Å². The first-order valence-electron chi connectivity index (χ1n) is 6.16. The molecule has 6 heteroatoms. The van der Waals surface area contributed by atoms with E-state index in [1.54, 1.807) is 44.4 Å². The van der Waals surface area contributed by atoms with Crippen molar-refractivity contribution in [1.82, 2.24) is 4.98 Å². The summed E-state index contributed by atoms with van der Waals surface area (Å²) in [6.45, 7) is 1.78. The van der Waals surface area contributed by atoms with Gasteiger partial charge in [0.25, 0.3) is 0 Å². The zero-order valence-electron chi connectivity index (χ0n) is 11.5. The van der Waals surface area contributed by atoms with E-state index in [4.69, 9.17) is 32.7 Å². The van der Waals surface area contributed by atoms with Crippen LogP contribution in [0.15, 0.2) is 30.3 Å². The molecule has 0 radical (unpaired) electrons. The minimum Gasteiger partial charge on any atom is -0.497 e. The van der Waals surface area contributed by atoms with Crippen LogP contribution in [0.2, 0.25) is 10.2 Å². The number of benzene rings is 1. The standard InChI is InChI=1S/C15H13Cl2NO3/c1-9-7-13(16)12(15(17)18-9)8-14(19)21-11-5-3-10(20-2)4-6-11/h3-7H,8H2,1-2H3. The number of aromatic nitrogens is 1. The number of carbonyl (C=O) groups excluding carboxylic acids is 1. The predicted octanol–water partition coefficient (Wildman–Crippen LogP) is 3.85. The van der Waals surface area contributed by atoms with E-state index in [1.165, 1.54) is 0 Å². The monoisotopic (exact) mass is 325 g/mol. The van der Waals surface area contributed by atoms with Gasteiger partial charge in [-0.05, 0) is 37.3 Å². The van der Waals surface area contributed by atoms with Gasteiger partial charge in [0.1, 0.15) is 16.7 Å². The van der Waals surface area contributed by atoms with Crippen molar-refractivity contribution in [2.45, 2.75) is 13.3 Å². The van der Waals surface area contributed by atoms with Gasteiger partial charge in [-0.25, -0.2) is 4.98 Å². The van der Waals surface area contributed by atoms with Crippen molar-refractivity contribution in [2.24, 2.45) is 0 Å². The van der Waals surface area contributed by atoms with E-state index in [0.29, 0.717) is 27.8 Å². The summed E-state index contributed by atoms with van der Waals surface area (Å²) >= 11 is 12.1. The Bertz CT molecular complexity index is 633. The van der Waals surface area contributed by atoms with E-state index >= 15 is 0 Å². The molecule has 110 valence electrons. The van der Waals surface area contributed by atoms with E-state index in [2.05, 4.69) is 4.98 Å². The molecule has 2 rings (SSSR count). The maximum Gasteiger partial charge on any atom is 0.315 e. The SMILES string of the molecule is COc1ccc(OC(=O)Cc2c(Cl)cc(C)nc2Cl)cc1. The van der Waals surface area contributed by atoms with Crippen molar-refractivity contribution in [1.29, 1.82) is 0 Å². The number of hydrogen-bond donors (Lipinski definition) is 0. The number of hydrogen-bond acceptors (Lipinski definition) is 4. The van der Waals surface area contributed by atoms with Crippen molar-refractivity contribution in [3.05, 3.63) is 51.8 Å². The number of pyridine rings is 1. The molecule has 0 unspecified atom stereocenters. The van der Waals surface area contributed by atoms with E-state index in [0.717, 1.165) is 0 Å². The molecular weight excluding hydrogens is 313 g/mol. The molecule has 0 spiro atoms. The summed E-state index contributed by atoms with van der Waals surface area (Å²) in [4.78, 5) is 16.0. The largest absolute Gasteiger partial charge is 0.497 e. The van der Waals surface area contributed by atoms with Gasteiger partial charge in [-0.15, -0.1) is 0 Å². The lowest BCUT2D eigenvalue weighted by Gasteiger charge is -2.08. The number of methoxy groups -OCH3 is 1. The molecule has 0 fully saturated rings. The molecule has 1 aromatic carbocycles. The Labute approximate surface area is 132 Å². The summed E-state index contributed by atoms with van der Waals surface area (Å²) in [5, 5.41) is 0.617. The molecule has 4 nitrogen and oxygen atoms in total. The molecule has 0 saturated heterocycles. The molecule has 1 heterocycles. The quantitative estimate of drug-likeness (QED) is 0.486. The molecule has 21 heavy (non-hydrogen) atoms. The molecule has 0 bridgehead atoms. The molecule has 0 amide bonds. The molecule has 0 N–H and O–H groups in total. The molecular formula is C15H13Cl2NO3. The molecule has 0 aliphatic heterocycles. The fourth-order valence-corrected chi connectivity index (χ4v) is 2.40. The van der Waals surface area contributed by atoms with Crippen LogP contribution >= 0.6 is 23.2 Å². The van der Waals surface area contributed by atoms with Crippen LogP contribution in [0, 0.1) is 6.92 Å². The summed E-state index contributed by atoms with van der Waals surface area (Å²) in [6, 6.07) is 8.36. The Hall–Kier alpha value is -1.78. The molecule has 1 aromatic heterocycles. The fourth-order valence-electron chi connectivity index (χ4n) is 1.74. The van der Waals surface area contributed by atoms with Gasteiger partial charge in [0.2, 0.25) is 0 Å². The second-order valence-corrected chi connectivity index (χ2v) is 5.11. The van der Waals surface area contributed by atoms with Gasteiger partial charge < -0.3 is 9.47 Å². The highest BCUT2D eigenvalue weighted by atomic mass is 35.5. The predicted molar refractivity (Wildman–Crippen MR) is 81.3 cm³/mol. The Morgan fingerprint density at radius 3 is 2.38 bits per heavy atom. The lowest BCUT2D eigenvalue weighted by Crippen LogP contribution is -2.12. The highest BCUT2D eigenvalue weighted by Gasteiger charge is 2.14.